The van der Waals surface area contributed by atoms with Crippen LogP contribution in [0.25, 0.3) is 11.5 Å². The molecule has 6 nitrogen and oxygen atoms in total. The molecule has 0 saturated heterocycles. The van der Waals surface area contributed by atoms with Crippen LogP contribution in [0.3, 0.4) is 0 Å². The predicted molar refractivity (Wildman–Crippen MR) is 83.7 cm³/mol. The van der Waals surface area contributed by atoms with Crippen LogP contribution in [0.2, 0.25) is 0 Å². The topological polar surface area (TPSA) is 75.0 Å². The molecule has 23 heavy (non-hydrogen) atoms. The third kappa shape index (κ3) is 2.06. The van der Waals surface area contributed by atoms with Crippen molar-refractivity contribution in [3.8, 4) is 11.5 Å². The molecule has 4 heterocycles. The van der Waals surface area contributed by atoms with Gasteiger partial charge in [0.15, 0.2) is 11.5 Å². The molecule has 1 unspecified atom stereocenters. The van der Waals surface area contributed by atoms with Crippen molar-refractivity contribution in [1.82, 2.24) is 20.1 Å². The molecule has 0 aliphatic carbocycles. The smallest absolute Gasteiger partial charge is 0.275 e. The van der Waals surface area contributed by atoms with Crippen LogP contribution in [0.1, 0.15) is 41.0 Å². The van der Waals surface area contributed by atoms with Gasteiger partial charge in [-0.15, -0.1) is 0 Å². The van der Waals surface area contributed by atoms with Gasteiger partial charge in [0.05, 0.1) is 12.3 Å². The average Bonchev–Trinajstić information content (AvgIpc) is 3.28. The van der Waals surface area contributed by atoms with Crippen molar-refractivity contribution in [2.75, 3.05) is 6.54 Å². The van der Waals surface area contributed by atoms with E-state index in [1.165, 1.54) is 0 Å². The molecule has 1 amide bonds. The first-order valence-corrected chi connectivity index (χ1v) is 7.64. The first-order valence-electron chi connectivity index (χ1n) is 7.64. The monoisotopic (exact) mass is 308 g/mol. The molecule has 1 aliphatic rings. The lowest BCUT2D eigenvalue weighted by Crippen LogP contribution is -2.30. The Morgan fingerprint density at radius 2 is 2.26 bits per heavy atom. The SMILES string of the molecule is CCCN1C(=O)c2n[nH]c(-c3ccco3)c2C1c1cccnc1. The summed E-state index contributed by atoms with van der Waals surface area (Å²) >= 11 is 0. The minimum absolute atomic E-state index is 0.0511. The molecule has 0 aromatic carbocycles. The van der Waals surface area contributed by atoms with Crippen molar-refractivity contribution in [3.05, 3.63) is 59.7 Å². The fraction of sp³-hybridized carbons (Fsp3) is 0.235. The zero-order valence-electron chi connectivity index (χ0n) is 12.7. The molecule has 0 spiro atoms. The molecule has 1 N–H and O–H groups in total. The number of hydrogen-bond donors (Lipinski definition) is 1. The Morgan fingerprint density at radius 1 is 1.35 bits per heavy atom. The van der Waals surface area contributed by atoms with Crippen molar-refractivity contribution >= 4 is 5.91 Å². The summed E-state index contributed by atoms with van der Waals surface area (Å²) in [5, 5.41) is 7.21. The summed E-state index contributed by atoms with van der Waals surface area (Å²) in [6, 6.07) is 7.37. The fourth-order valence-corrected chi connectivity index (χ4v) is 3.15. The van der Waals surface area contributed by atoms with Crippen molar-refractivity contribution in [1.29, 1.82) is 0 Å². The maximum absolute atomic E-state index is 12.7. The van der Waals surface area contributed by atoms with E-state index in [1.54, 1.807) is 18.7 Å². The Labute approximate surface area is 133 Å². The summed E-state index contributed by atoms with van der Waals surface area (Å²) in [4.78, 5) is 18.8. The number of H-pyrrole nitrogens is 1. The van der Waals surface area contributed by atoms with Crippen LogP contribution in [0.4, 0.5) is 0 Å². The van der Waals surface area contributed by atoms with Gasteiger partial charge in [-0.1, -0.05) is 13.0 Å². The Hall–Kier alpha value is -2.89. The van der Waals surface area contributed by atoms with Gasteiger partial charge in [0.2, 0.25) is 0 Å². The maximum Gasteiger partial charge on any atom is 0.275 e. The second-order valence-corrected chi connectivity index (χ2v) is 5.53. The van der Waals surface area contributed by atoms with Crippen molar-refractivity contribution < 1.29 is 9.21 Å². The van der Waals surface area contributed by atoms with Crippen molar-refractivity contribution in [3.63, 3.8) is 0 Å². The lowest BCUT2D eigenvalue weighted by molar-refractivity contribution is 0.0743. The normalized spacial score (nSPS) is 16.8. The molecule has 3 aromatic heterocycles. The van der Waals surface area contributed by atoms with E-state index in [0.29, 0.717) is 18.0 Å². The van der Waals surface area contributed by atoms with E-state index >= 15 is 0 Å². The number of carbonyl (C=O) groups is 1. The Morgan fingerprint density at radius 3 is 2.96 bits per heavy atom. The molecule has 0 radical (unpaired) electrons. The highest BCUT2D eigenvalue weighted by Gasteiger charge is 2.42. The van der Waals surface area contributed by atoms with Gasteiger partial charge in [-0.25, -0.2) is 0 Å². The lowest BCUT2D eigenvalue weighted by atomic mass is 9.99. The summed E-state index contributed by atoms with van der Waals surface area (Å²) in [5.41, 5.74) is 3.07. The van der Waals surface area contributed by atoms with E-state index in [4.69, 9.17) is 4.42 Å². The zero-order valence-corrected chi connectivity index (χ0v) is 12.7. The minimum Gasteiger partial charge on any atom is -0.463 e. The van der Waals surface area contributed by atoms with Gasteiger partial charge in [-0.05, 0) is 30.2 Å². The predicted octanol–water partition coefficient (Wildman–Crippen LogP) is 3.02. The molecule has 0 saturated carbocycles. The van der Waals surface area contributed by atoms with E-state index in [0.717, 1.165) is 23.2 Å². The highest BCUT2D eigenvalue weighted by Crippen LogP contribution is 2.42. The van der Waals surface area contributed by atoms with Gasteiger partial charge in [0, 0.05) is 24.5 Å². The third-order valence-corrected chi connectivity index (χ3v) is 4.08. The number of amides is 1. The number of rotatable bonds is 4. The summed E-state index contributed by atoms with van der Waals surface area (Å²) in [7, 11) is 0. The summed E-state index contributed by atoms with van der Waals surface area (Å²) < 4.78 is 5.50. The Kier molecular flexibility index (Phi) is 3.22. The van der Waals surface area contributed by atoms with Gasteiger partial charge >= 0.3 is 0 Å². The largest absolute Gasteiger partial charge is 0.463 e. The van der Waals surface area contributed by atoms with Crippen LogP contribution < -0.4 is 0 Å². The van der Waals surface area contributed by atoms with Gasteiger partial charge in [-0.2, -0.15) is 5.10 Å². The highest BCUT2D eigenvalue weighted by molar-refractivity contribution is 5.99. The first-order chi connectivity index (χ1) is 11.3. The number of aromatic amines is 1. The first kappa shape index (κ1) is 13.8. The molecule has 1 aliphatic heterocycles. The second kappa shape index (κ2) is 5.39. The zero-order chi connectivity index (χ0) is 15.8. The van der Waals surface area contributed by atoms with Crippen LogP contribution in [-0.4, -0.2) is 32.5 Å². The number of hydrogen-bond acceptors (Lipinski definition) is 4. The minimum atomic E-state index is -0.190. The highest BCUT2D eigenvalue weighted by atomic mass is 16.3. The van der Waals surface area contributed by atoms with E-state index < -0.39 is 0 Å². The lowest BCUT2D eigenvalue weighted by Gasteiger charge is -2.25. The number of fused-ring (bicyclic) bond motifs is 1. The van der Waals surface area contributed by atoms with Crippen LogP contribution in [0.5, 0.6) is 0 Å². The number of pyridine rings is 1. The molecule has 6 heteroatoms. The summed E-state index contributed by atoms with van der Waals surface area (Å²) in [5.74, 6) is 0.628. The third-order valence-electron chi connectivity index (χ3n) is 4.08. The molecule has 116 valence electrons. The van der Waals surface area contributed by atoms with Gasteiger partial charge < -0.3 is 9.32 Å². The van der Waals surface area contributed by atoms with Crippen LogP contribution in [0.15, 0.2) is 47.3 Å². The van der Waals surface area contributed by atoms with Crippen molar-refractivity contribution in [2.24, 2.45) is 0 Å². The maximum atomic E-state index is 12.7. The van der Waals surface area contributed by atoms with Gasteiger partial charge in [0.25, 0.3) is 5.91 Å². The molecule has 4 rings (SSSR count). The molecule has 0 fully saturated rings. The summed E-state index contributed by atoms with van der Waals surface area (Å²) in [6.07, 6.45) is 6.03. The molecular weight excluding hydrogens is 292 g/mol. The van der Waals surface area contributed by atoms with Crippen LogP contribution in [0, 0.1) is 0 Å². The Bertz CT molecular complexity index is 824. The van der Waals surface area contributed by atoms with Crippen molar-refractivity contribution in [2.45, 2.75) is 19.4 Å². The van der Waals surface area contributed by atoms with E-state index in [1.807, 2.05) is 29.2 Å². The standard InChI is InChI=1S/C17H16N4O2/c1-2-8-21-16(11-5-3-7-18-10-11)13-14(12-6-4-9-23-12)19-20-15(13)17(21)22/h3-7,9-10,16H,2,8H2,1H3,(H,19,20). The van der Waals surface area contributed by atoms with Crippen LogP contribution in [-0.2, 0) is 0 Å². The second-order valence-electron chi connectivity index (χ2n) is 5.53. The number of nitrogens with one attached hydrogen (secondary N) is 1. The number of nitrogens with zero attached hydrogens (tertiary/aromatic N) is 3. The fourth-order valence-electron chi connectivity index (χ4n) is 3.15. The van der Waals surface area contributed by atoms with E-state index in [2.05, 4.69) is 22.1 Å². The Balaban J connectivity index is 1.90. The molecule has 1 atom stereocenters. The summed E-state index contributed by atoms with van der Waals surface area (Å²) in [6.45, 7) is 2.73. The molecule has 3 aromatic rings. The average molecular weight is 308 g/mol. The van der Waals surface area contributed by atoms with E-state index in [-0.39, 0.29) is 11.9 Å². The number of carbonyl (C=O) groups excluding carboxylic acids is 1. The number of furan rings is 1. The van der Waals surface area contributed by atoms with Gasteiger partial charge in [0.1, 0.15) is 5.69 Å². The van der Waals surface area contributed by atoms with Gasteiger partial charge in [-0.3, -0.25) is 14.9 Å². The van der Waals surface area contributed by atoms with Crippen LogP contribution >= 0.6 is 0 Å². The number of aromatic nitrogens is 3. The molecular formula is C17H16N4O2. The quantitative estimate of drug-likeness (QED) is 0.804. The van der Waals surface area contributed by atoms with E-state index in [9.17, 15) is 4.79 Å². The molecule has 0 bridgehead atoms.